The molecule has 0 amide bonds. The predicted molar refractivity (Wildman–Crippen MR) is 79.1 cm³/mol. The van der Waals surface area contributed by atoms with E-state index < -0.39 is 16.1 Å². The highest BCUT2D eigenvalue weighted by Crippen LogP contribution is 2.08. The van der Waals surface area contributed by atoms with E-state index >= 15 is 0 Å². The van der Waals surface area contributed by atoms with E-state index in [1.54, 1.807) is 30.3 Å². The van der Waals surface area contributed by atoms with Crippen molar-refractivity contribution in [3.05, 3.63) is 65.2 Å². The van der Waals surface area contributed by atoms with Gasteiger partial charge in [-0.05, 0) is 38.1 Å². The molecule has 21 heavy (non-hydrogen) atoms. The van der Waals surface area contributed by atoms with Gasteiger partial charge in [0, 0.05) is 0 Å². The van der Waals surface area contributed by atoms with Crippen molar-refractivity contribution in [2.75, 3.05) is 0 Å². The van der Waals surface area contributed by atoms with Crippen molar-refractivity contribution in [2.24, 2.45) is 0 Å². The average Bonchev–Trinajstić information content (AvgIpc) is 2.39. The lowest BCUT2D eigenvalue weighted by atomic mass is 10.1. The molecule has 0 aliphatic rings. The number of aryl methyl sites for hydroxylation is 2. The van der Waals surface area contributed by atoms with E-state index in [4.69, 9.17) is 9.66 Å². The number of aromatic carboxylic acids is 1. The van der Waals surface area contributed by atoms with Gasteiger partial charge in [0.15, 0.2) is 0 Å². The van der Waals surface area contributed by atoms with Gasteiger partial charge in [-0.3, -0.25) is 4.55 Å². The third kappa shape index (κ3) is 5.76. The first-order valence-corrected chi connectivity index (χ1v) is 7.48. The number of carboxylic acids is 1. The van der Waals surface area contributed by atoms with Gasteiger partial charge in [0.2, 0.25) is 0 Å². The smallest absolute Gasteiger partial charge is 0.335 e. The van der Waals surface area contributed by atoms with Crippen molar-refractivity contribution < 1.29 is 22.9 Å². The summed E-state index contributed by atoms with van der Waals surface area (Å²) in [6.07, 6.45) is 0. The number of carbonyl (C=O) groups is 1. The van der Waals surface area contributed by atoms with Crippen LogP contribution in [0.15, 0.2) is 53.4 Å². The van der Waals surface area contributed by atoms with Gasteiger partial charge < -0.3 is 5.11 Å². The van der Waals surface area contributed by atoms with Crippen LogP contribution < -0.4 is 0 Å². The normalized spacial score (nSPS) is 10.4. The van der Waals surface area contributed by atoms with Crippen molar-refractivity contribution in [1.82, 2.24) is 0 Å². The Morgan fingerprint density at radius 1 is 0.952 bits per heavy atom. The standard InChI is InChI=1S/C8H8O2.C7H8O3S/c1-6-3-2-4-7(5-6)8(9)10;1-6-2-4-7(5-3-6)11(8,9)10/h2-5H,1H3,(H,9,10);2-5H,1H3,(H,8,9,10). The first-order chi connectivity index (χ1) is 9.70. The second-order valence-electron chi connectivity index (χ2n) is 4.46. The van der Waals surface area contributed by atoms with E-state index in [1.165, 1.54) is 12.1 Å². The van der Waals surface area contributed by atoms with E-state index in [0.29, 0.717) is 5.56 Å². The molecule has 0 fully saturated rings. The van der Waals surface area contributed by atoms with Gasteiger partial charge in [-0.2, -0.15) is 8.42 Å². The zero-order chi connectivity index (χ0) is 16.0. The van der Waals surface area contributed by atoms with Crippen LogP contribution in [0.5, 0.6) is 0 Å². The van der Waals surface area contributed by atoms with E-state index in [-0.39, 0.29) is 4.90 Å². The third-order valence-electron chi connectivity index (χ3n) is 2.58. The summed E-state index contributed by atoms with van der Waals surface area (Å²) in [6, 6.07) is 12.8. The fourth-order valence-corrected chi connectivity index (χ4v) is 1.97. The highest BCUT2D eigenvalue weighted by atomic mass is 32.2. The predicted octanol–water partition coefficient (Wildman–Crippen LogP) is 2.93. The highest BCUT2D eigenvalue weighted by molar-refractivity contribution is 7.85. The van der Waals surface area contributed by atoms with Gasteiger partial charge in [-0.1, -0.05) is 35.4 Å². The second-order valence-corrected chi connectivity index (χ2v) is 5.88. The van der Waals surface area contributed by atoms with Crippen LogP contribution in [0.4, 0.5) is 0 Å². The molecule has 0 bridgehead atoms. The molecule has 0 saturated heterocycles. The van der Waals surface area contributed by atoms with Crippen LogP contribution in [0.1, 0.15) is 21.5 Å². The van der Waals surface area contributed by atoms with Crippen LogP contribution in [0.2, 0.25) is 0 Å². The summed E-state index contributed by atoms with van der Waals surface area (Å²) >= 11 is 0. The molecule has 0 spiro atoms. The maximum absolute atomic E-state index is 10.5. The number of hydrogen-bond acceptors (Lipinski definition) is 3. The van der Waals surface area contributed by atoms with Crippen LogP contribution in [0.25, 0.3) is 0 Å². The monoisotopic (exact) mass is 308 g/mol. The Kier molecular flexibility index (Phi) is 5.63. The van der Waals surface area contributed by atoms with Gasteiger partial charge in [0.1, 0.15) is 0 Å². The Hall–Kier alpha value is -2.18. The van der Waals surface area contributed by atoms with Gasteiger partial charge in [0.25, 0.3) is 10.1 Å². The van der Waals surface area contributed by atoms with Crippen LogP contribution in [0, 0.1) is 13.8 Å². The summed E-state index contributed by atoms with van der Waals surface area (Å²) < 4.78 is 29.6. The molecule has 0 unspecified atom stereocenters. The molecule has 2 aromatic rings. The molecule has 0 radical (unpaired) electrons. The molecular formula is C15H16O5S. The molecule has 5 nitrogen and oxygen atoms in total. The van der Waals surface area contributed by atoms with Crippen molar-refractivity contribution in [1.29, 1.82) is 0 Å². The summed E-state index contributed by atoms with van der Waals surface area (Å²) in [7, 11) is -4.02. The molecular weight excluding hydrogens is 292 g/mol. The molecule has 0 heterocycles. The third-order valence-corrected chi connectivity index (χ3v) is 3.45. The average molecular weight is 308 g/mol. The SMILES string of the molecule is Cc1ccc(S(=O)(=O)O)cc1.Cc1cccc(C(=O)O)c1. The molecule has 0 aliphatic heterocycles. The Morgan fingerprint density at radius 3 is 1.90 bits per heavy atom. The largest absolute Gasteiger partial charge is 0.478 e. The Morgan fingerprint density at radius 2 is 1.52 bits per heavy atom. The van der Waals surface area contributed by atoms with E-state index in [1.807, 2.05) is 19.9 Å². The first-order valence-electron chi connectivity index (χ1n) is 6.04. The molecule has 112 valence electrons. The minimum atomic E-state index is -4.02. The molecule has 0 saturated carbocycles. The van der Waals surface area contributed by atoms with E-state index in [0.717, 1.165) is 11.1 Å². The van der Waals surface area contributed by atoms with Gasteiger partial charge in [0.05, 0.1) is 10.5 Å². The molecule has 0 atom stereocenters. The molecule has 2 aromatic carbocycles. The fourth-order valence-electron chi connectivity index (χ4n) is 1.49. The van der Waals surface area contributed by atoms with Gasteiger partial charge >= 0.3 is 5.97 Å². The maximum atomic E-state index is 10.5. The topological polar surface area (TPSA) is 91.7 Å². The van der Waals surface area contributed by atoms with Crippen LogP contribution in [-0.2, 0) is 10.1 Å². The number of carboxylic acid groups (broad SMARTS) is 1. The summed E-state index contributed by atoms with van der Waals surface area (Å²) in [4.78, 5) is 10.3. The van der Waals surface area contributed by atoms with E-state index in [2.05, 4.69) is 0 Å². The maximum Gasteiger partial charge on any atom is 0.335 e. The number of rotatable bonds is 2. The summed E-state index contributed by atoms with van der Waals surface area (Å²) in [6.45, 7) is 3.71. The second kappa shape index (κ2) is 7.01. The van der Waals surface area contributed by atoms with Crippen LogP contribution in [0.3, 0.4) is 0 Å². The Balaban J connectivity index is 0.000000211. The molecule has 2 rings (SSSR count). The zero-order valence-electron chi connectivity index (χ0n) is 11.6. The first kappa shape index (κ1) is 16.9. The van der Waals surface area contributed by atoms with Crippen LogP contribution in [-0.4, -0.2) is 24.0 Å². The molecule has 2 N–H and O–H groups in total. The molecule has 0 aromatic heterocycles. The van der Waals surface area contributed by atoms with Crippen LogP contribution >= 0.6 is 0 Å². The number of hydrogen-bond donors (Lipinski definition) is 2. The zero-order valence-corrected chi connectivity index (χ0v) is 12.5. The van der Waals surface area contributed by atoms with Gasteiger partial charge in [-0.15, -0.1) is 0 Å². The Labute approximate surface area is 123 Å². The highest BCUT2D eigenvalue weighted by Gasteiger charge is 2.06. The lowest BCUT2D eigenvalue weighted by molar-refractivity contribution is 0.0696. The van der Waals surface area contributed by atoms with Crippen molar-refractivity contribution >= 4 is 16.1 Å². The summed E-state index contributed by atoms with van der Waals surface area (Å²) in [5.74, 6) is -0.872. The quantitative estimate of drug-likeness (QED) is 0.832. The van der Waals surface area contributed by atoms with Gasteiger partial charge in [-0.25, -0.2) is 4.79 Å². The van der Waals surface area contributed by atoms with Crippen molar-refractivity contribution in [2.45, 2.75) is 18.7 Å². The van der Waals surface area contributed by atoms with Crippen molar-refractivity contribution in [3.63, 3.8) is 0 Å². The van der Waals surface area contributed by atoms with E-state index in [9.17, 15) is 13.2 Å². The summed E-state index contributed by atoms with van der Waals surface area (Å²) in [5, 5.41) is 8.51. The lowest BCUT2D eigenvalue weighted by Crippen LogP contribution is -1.96. The molecule has 0 aliphatic carbocycles. The Bertz CT molecular complexity index is 718. The number of benzene rings is 2. The minimum absolute atomic E-state index is 0.0666. The lowest BCUT2D eigenvalue weighted by Gasteiger charge is -1.95. The minimum Gasteiger partial charge on any atom is -0.478 e. The summed E-state index contributed by atoms with van der Waals surface area (Å²) in [5.41, 5.74) is 2.28. The fraction of sp³-hybridized carbons (Fsp3) is 0.133. The van der Waals surface area contributed by atoms with Crippen molar-refractivity contribution in [3.8, 4) is 0 Å². The molecule has 6 heteroatoms.